The van der Waals surface area contributed by atoms with Crippen molar-refractivity contribution >= 4 is 44.0 Å². The number of piperazine rings is 1. The van der Waals surface area contributed by atoms with Crippen LogP contribution in [0.4, 0.5) is 17.1 Å². The van der Waals surface area contributed by atoms with Gasteiger partial charge in [0, 0.05) is 63.6 Å². The average Bonchev–Trinajstić information content (AvgIpc) is 3.52. The number of hydrogen-bond acceptors (Lipinski definition) is 11. The Morgan fingerprint density at radius 2 is 1.93 bits per heavy atom. The van der Waals surface area contributed by atoms with E-state index in [4.69, 9.17) is 9.47 Å². The summed E-state index contributed by atoms with van der Waals surface area (Å²) in [5.41, 5.74) is 1.95. The number of carbonyl (C=O) groups is 1. The minimum absolute atomic E-state index is 0.0129. The zero-order valence-electron chi connectivity index (χ0n) is 25.2. The number of aromatic amines is 1. The number of nitrogens with one attached hydrogen (secondary N) is 4. The second kappa shape index (κ2) is 13.3. The van der Waals surface area contributed by atoms with E-state index in [0.717, 1.165) is 42.9 Å². The van der Waals surface area contributed by atoms with Gasteiger partial charge in [0.1, 0.15) is 17.1 Å². The highest BCUT2D eigenvalue weighted by Gasteiger charge is 2.29. The fourth-order valence-electron chi connectivity index (χ4n) is 5.75. The van der Waals surface area contributed by atoms with Crippen LogP contribution in [0.5, 0.6) is 11.5 Å². The van der Waals surface area contributed by atoms with Crippen LogP contribution in [0.2, 0.25) is 0 Å². The summed E-state index contributed by atoms with van der Waals surface area (Å²) in [5.74, 6) is -0.101. The normalized spacial score (nSPS) is 15.9. The van der Waals surface area contributed by atoms with Crippen LogP contribution in [-0.2, 0) is 14.8 Å². The van der Waals surface area contributed by atoms with Gasteiger partial charge in [-0.1, -0.05) is 6.07 Å². The molecule has 6 rings (SSSR count). The van der Waals surface area contributed by atoms with E-state index in [1.54, 1.807) is 18.3 Å². The molecule has 46 heavy (non-hydrogen) atoms. The number of sulfonamides is 1. The number of fused-ring (bicyclic) bond motifs is 1. The number of anilines is 2. The molecule has 0 saturated carbocycles. The number of hydrogen-bond donors (Lipinski definition) is 4. The first-order valence-electron chi connectivity index (χ1n) is 15.1. The number of carbonyl (C=O) groups excluding carboxylic acids is 1. The van der Waals surface area contributed by atoms with E-state index in [9.17, 15) is 23.3 Å². The van der Waals surface area contributed by atoms with Crippen LogP contribution in [0.15, 0.2) is 59.8 Å². The Bertz CT molecular complexity index is 1870. The van der Waals surface area contributed by atoms with Gasteiger partial charge in [-0.3, -0.25) is 14.9 Å². The number of H-pyrrole nitrogens is 1. The van der Waals surface area contributed by atoms with Crippen LogP contribution in [-0.4, -0.2) is 75.2 Å². The van der Waals surface area contributed by atoms with Gasteiger partial charge in [0.05, 0.1) is 27.3 Å². The third-order valence-electron chi connectivity index (χ3n) is 8.23. The predicted molar refractivity (Wildman–Crippen MR) is 172 cm³/mol. The summed E-state index contributed by atoms with van der Waals surface area (Å²) in [5, 5.41) is 19.1. The summed E-state index contributed by atoms with van der Waals surface area (Å²) in [6, 6.07) is 10.4. The number of aromatic nitrogens is 2. The van der Waals surface area contributed by atoms with Gasteiger partial charge in [-0.2, -0.15) is 0 Å². The first kappa shape index (κ1) is 31.3. The zero-order valence-corrected chi connectivity index (χ0v) is 26.1. The van der Waals surface area contributed by atoms with Crippen LogP contribution in [0.1, 0.15) is 28.8 Å². The highest BCUT2D eigenvalue weighted by Crippen LogP contribution is 2.39. The second-order valence-electron chi connectivity index (χ2n) is 11.3. The fourth-order valence-corrected chi connectivity index (χ4v) is 6.73. The molecule has 2 fully saturated rings. The van der Waals surface area contributed by atoms with Crippen molar-refractivity contribution in [2.45, 2.75) is 24.7 Å². The maximum absolute atomic E-state index is 13.7. The van der Waals surface area contributed by atoms with E-state index >= 15 is 0 Å². The number of aryl methyl sites for hydroxylation is 1. The number of benzene rings is 2. The molecule has 2 aromatic carbocycles. The molecule has 2 aliphatic heterocycles. The lowest BCUT2D eigenvalue weighted by Crippen LogP contribution is -2.44. The van der Waals surface area contributed by atoms with Crippen molar-refractivity contribution < 1.29 is 27.6 Å². The molecule has 1 amide bonds. The lowest BCUT2D eigenvalue weighted by Gasteiger charge is -2.32. The van der Waals surface area contributed by atoms with E-state index in [1.807, 2.05) is 13.0 Å². The SMILES string of the molecule is Cc1ccc(C(=O)NS(=O)(=O)c2ccc(NCC3CCOCC3)c([N+](=O)[O-])c2)c(Oc2cnc3[nH]ccc3c2)c1N1CCNCC1. The Morgan fingerprint density at radius 1 is 1.15 bits per heavy atom. The lowest BCUT2D eigenvalue weighted by molar-refractivity contribution is -0.384. The zero-order chi connectivity index (χ0) is 32.3. The molecule has 0 spiro atoms. The number of pyridine rings is 1. The van der Waals surface area contributed by atoms with E-state index in [1.165, 1.54) is 24.4 Å². The van der Waals surface area contributed by atoms with Crippen LogP contribution < -0.4 is 25.0 Å². The first-order chi connectivity index (χ1) is 22.2. The Balaban J connectivity index is 1.30. The molecule has 4 N–H and O–H groups in total. The Kier molecular flexibility index (Phi) is 9.05. The Labute approximate surface area is 265 Å². The van der Waals surface area contributed by atoms with Gasteiger partial charge in [-0.15, -0.1) is 0 Å². The maximum atomic E-state index is 13.7. The second-order valence-corrected chi connectivity index (χ2v) is 13.0. The van der Waals surface area contributed by atoms with E-state index < -0.39 is 31.4 Å². The summed E-state index contributed by atoms with van der Waals surface area (Å²) in [7, 11) is -4.52. The number of rotatable bonds is 10. The first-order valence-corrected chi connectivity index (χ1v) is 16.6. The average molecular weight is 650 g/mol. The minimum atomic E-state index is -4.52. The molecule has 0 bridgehead atoms. The van der Waals surface area contributed by atoms with E-state index in [-0.39, 0.29) is 22.9 Å². The van der Waals surface area contributed by atoms with Gasteiger partial charge in [0.15, 0.2) is 5.75 Å². The van der Waals surface area contributed by atoms with Crippen LogP contribution in [0.3, 0.4) is 0 Å². The molecule has 15 heteroatoms. The van der Waals surface area contributed by atoms with Crippen LogP contribution in [0, 0.1) is 23.0 Å². The third kappa shape index (κ3) is 6.76. The number of nitrogens with zero attached hydrogens (tertiary/aromatic N) is 3. The predicted octanol–water partition coefficient (Wildman–Crippen LogP) is 3.94. The fraction of sp³-hybridized carbons (Fsp3) is 0.355. The van der Waals surface area contributed by atoms with Crippen molar-refractivity contribution in [1.82, 2.24) is 20.0 Å². The van der Waals surface area contributed by atoms with Crippen molar-refractivity contribution in [2.24, 2.45) is 5.92 Å². The van der Waals surface area contributed by atoms with E-state index in [2.05, 4.69) is 30.2 Å². The molecule has 0 aliphatic carbocycles. The number of nitro benzene ring substituents is 1. The highest BCUT2D eigenvalue weighted by molar-refractivity contribution is 7.90. The largest absolute Gasteiger partial charge is 0.453 e. The van der Waals surface area contributed by atoms with Crippen molar-refractivity contribution in [3.63, 3.8) is 0 Å². The highest BCUT2D eigenvalue weighted by atomic mass is 32.2. The molecule has 14 nitrogen and oxygen atoms in total. The summed E-state index contributed by atoms with van der Waals surface area (Å²) in [6.07, 6.45) is 4.94. The Hall–Kier alpha value is -4.73. The minimum Gasteiger partial charge on any atom is -0.453 e. The molecule has 2 saturated heterocycles. The number of nitro groups is 1. The summed E-state index contributed by atoms with van der Waals surface area (Å²) >= 11 is 0. The molecular formula is C31H35N7O7S. The van der Waals surface area contributed by atoms with Crippen molar-refractivity contribution in [3.8, 4) is 11.5 Å². The molecule has 4 aromatic rings. The number of amides is 1. The molecule has 4 heterocycles. The summed E-state index contributed by atoms with van der Waals surface area (Å²) in [4.78, 5) is 34.1. The standard InChI is InChI=1S/C31H35N7O7S/c1-20-2-4-25(29(28(20)37-12-10-32-11-13-37)45-23-16-22-6-9-33-30(22)35-19-23)31(39)36-46(42,43)24-3-5-26(27(17-24)38(40)41)34-18-21-7-14-44-15-8-21/h2-6,9,16-17,19,21,32,34H,7-8,10-15,18H2,1H3,(H,33,35)(H,36,39). The maximum Gasteiger partial charge on any atom is 0.293 e. The van der Waals surface area contributed by atoms with Crippen molar-refractivity contribution in [1.29, 1.82) is 0 Å². The van der Waals surface area contributed by atoms with Crippen molar-refractivity contribution in [2.75, 3.05) is 56.2 Å². The van der Waals surface area contributed by atoms with Gasteiger partial charge >= 0.3 is 0 Å². The van der Waals surface area contributed by atoms with Gasteiger partial charge in [-0.25, -0.2) is 18.1 Å². The summed E-state index contributed by atoms with van der Waals surface area (Å²) in [6.45, 7) is 6.39. The molecule has 2 aliphatic rings. The number of ether oxygens (including phenoxy) is 2. The molecule has 2 aromatic heterocycles. The van der Waals surface area contributed by atoms with Crippen LogP contribution >= 0.6 is 0 Å². The third-order valence-corrected chi connectivity index (χ3v) is 9.56. The smallest absolute Gasteiger partial charge is 0.293 e. The van der Waals surface area contributed by atoms with E-state index in [0.29, 0.717) is 49.9 Å². The molecule has 0 atom stereocenters. The topological polar surface area (TPSA) is 181 Å². The van der Waals surface area contributed by atoms with Gasteiger partial charge in [0.25, 0.3) is 21.6 Å². The van der Waals surface area contributed by atoms with Gasteiger partial charge in [-0.05, 0) is 61.6 Å². The molecular weight excluding hydrogens is 614 g/mol. The van der Waals surface area contributed by atoms with Gasteiger partial charge < -0.3 is 30.0 Å². The monoisotopic (exact) mass is 649 g/mol. The van der Waals surface area contributed by atoms with Crippen LogP contribution in [0.25, 0.3) is 11.0 Å². The Morgan fingerprint density at radius 3 is 2.70 bits per heavy atom. The molecule has 242 valence electrons. The lowest BCUT2D eigenvalue weighted by atomic mass is 10.0. The summed E-state index contributed by atoms with van der Waals surface area (Å²) < 4.78 is 40.8. The molecule has 0 unspecified atom stereocenters. The quantitative estimate of drug-likeness (QED) is 0.144. The van der Waals surface area contributed by atoms with Crippen molar-refractivity contribution in [3.05, 3.63) is 76.1 Å². The van der Waals surface area contributed by atoms with Gasteiger partial charge in [0.2, 0.25) is 0 Å². The molecule has 0 radical (unpaired) electrons.